The predicted octanol–water partition coefficient (Wildman–Crippen LogP) is 2.71. The van der Waals surface area contributed by atoms with Crippen molar-refractivity contribution in [2.45, 2.75) is 38.3 Å². The molecule has 0 aromatic heterocycles. The molecule has 2 atom stereocenters. The van der Waals surface area contributed by atoms with Gasteiger partial charge in [0.1, 0.15) is 0 Å². The van der Waals surface area contributed by atoms with Crippen molar-refractivity contribution in [3.63, 3.8) is 0 Å². The molecule has 20 heavy (non-hydrogen) atoms. The number of aliphatic hydroxyl groups is 1. The molecule has 1 fully saturated rings. The minimum atomic E-state index is -0.115. The lowest BCUT2D eigenvalue weighted by atomic mass is 9.87. The van der Waals surface area contributed by atoms with E-state index in [0.717, 1.165) is 43.7 Å². The number of rotatable bonds is 4. The van der Waals surface area contributed by atoms with Crippen LogP contribution in [0.15, 0.2) is 12.1 Å². The molecule has 1 heterocycles. The van der Waals surface area contributed by atoms with E-state index in [-0.39, 0.29) is 12.9 Å². The van der Waals surface area contributed by atoms with E-state index in [4.69, 9.17) is 21.1 Å². The summed E-state index contributed by atoms with van der Waals surface area (Å²) in [5.41, 5.74) is 1.09. The average molecular weight is 298 g/mol. The Morgan fingerprint density at radius 1 is 1.30 bits per heavy atom. The molecule has 2 N–H and O–H groups in total. The first-order valence-electron chi connectivity index (χ1n) is 7.19. The molecule has 0 saturated heterocycles. The van der Waals surface area contributed by atoms with Crippen LogP contribution in [0.4, 0.5) is 0 Å². The summed E-state index contributed by atoms with van der Waals surface area (Å²) >= 11 is 6.16. The van der Waals surface area contributed by atoms with E-state index in [0.29, 0.717) is 16.7 Å². The highest BCUT2D eigenvalue weighted by Crippen LogP contribution is 2.39. The molecule has 0 amide bonds. The minimum absolute atomic E-state index is 0.115. The lowest BCUT2D eigenvalue weighted by molar-refractivity contribution is 0.101. The maximum atomic E-state index is 9.66. The normalized spacial score (nSPS) is 24.9. The van der Waals surface area contributed by atoms with Gasteiger partial charge in [-0.3, -0.25) is 0 Å². The van der Waals surface area contributed by atoms with Crippen LogP contribution in [0.5, 0.6) is 11.5 Å². The van der Waals surface area contributed by atoms with Crippen LogP contribution in [-0.4, -0.2) is 24.5 Å². The van der Waals surface area contributed by atoms with Crippen LogP contribution >= 0.6 is 11.6 Å². The molecule has 1 aromatic carbocycles. The van der Waals surface area contributed by atoms with E-state index in [9.17, 15) is 5.11 Å². The van der Waals surface area contributed by atoms with Crippen molar-refractivity contribution in [1.29, 1.82) is 0 Å². The molecular formula is C15H20ClNO3. The summed E-state index contributed by atoms with van der Waals surface area (Å²) < 4.78 is 10.7. The number of aliphatic hydroxyl groups excluding tert-OH is 1. The summed E-state index contributed by atoms with van der Waals surface area (Å²) in [7, 11) is 0. The van der Waals surface area contributed by atoms with E-state index in [1.165, 1.54) is 6.42 Å². The van der Waals surface area contributed by atoms with Gasteiger partial charge in [-0.15, -0.1) is 0 Å². The van der Waals surface area contributed by atoms with E-state index in [1.54, 1.807) is 0 Å². The average Bonchev–Trinajstić information content (AvgIpc) is 2.88. The SMILES string of the molecule is OC1CCCC(CNCc2cc(Cl)c3c(c2)OCO3)C1. The second kappa shape index (κ2) is 6.20. The number of benzene rings is 1. The van der Waals surface area contributed by atoms with E-state index in [1.807, 2.05) is 12.1 Å². The van der Waals surface area contributed by atoms with Gasteiger partial charge < -0.3 is 19.9 Å². The summed E-state index contributed by atoms with van der Waals surface area (Å²) in [6, 6.07) is 3.88. The predicted molar refractivity (Wildman–Crippen MR) is 77.2 cm³/mol. The highest BCUT2D eigenvalue weighted by atomic mass is 35.5. The Bertz CT molecular complexity index is 480. The van der Waals surface area contributed by atoms with Crippen molar-refractivity contribution in [3.8, 4) is 11.5 Å². The van der Waals surface area contributed by atoms with Crippen LogP contribution in [0, 0.1) is 5.92 Å². The third-order valence-corrected chi connectivity index (χ3v) is 4.29. The summed E-state index contributed by atoms with van der Waals surface area (Å²) in [6.07, 6.45) is 4.08. The van der Waals surface area contributed by atoms with Crippen molar-refractivity contribution < 1.29 is 14.6 Å². The molecule has 0 bridgehead atoms. The molecule has 1 saturated carbocycles. The second-order valence-electron chi connectivity index (χ2n) is 5.63. The molecule has 4 nitrogen and oxygen atoms in total. The van der Waals surface area contributed by atoms with Crippen LogP contribution in [0.25, 0.3) is 0 Å². The van der Waals surface area contributed by atoms with Crippen LogP contribution in [-0.2, 0) is 6.54 Å². The van der Waals surface area contributed by atoms with Crippen LogP contribution in [0.3, 0.4) is 0 Å². The van der Waals surface area contributed by atoms with Gasteiger partial charge in [0.05, 0.1) is 11.1 Å². The van der Waals surface area contributed by atoms with Crippen molar-refractivity contribution in [3.05, 3.63) is 22.7 Å². The first kappa shape index (κ1) is 14.0. The summed E-state index contributed by atoms with van der Waals surface area (Å²) in [4.78, 5) is 0. The molecule has 3 rings (SSSR count). The molecule has 0 radical (unpaired) electrons. The highest BCUT2D eigenvalue weighted by molar-refractivity contribution is 6.32. The van der Waals surface area contributed by atoms with Crippen LogP contribution in [0.2, 0.25) is 5.02 Å². The third kappa shape index (κ3) is 3.19. The lowest BCUT2D eigenvalue weighted by Crippen LogP contribution is -2.28. The number of hydrogen-bond acceptors (Lipinski definition) is 4. The second-order valence-corrected chi connectivity index (χ2v) is 6.04. The molecule has 5 heteroatoms. The lowest BCUT2D eigenvalue weighted by Gasteiger charge is -2.26. The standard InChI is InChI=1S/C15H20ClNO3/c16-13-5-11(6-14-15(13)20-9-19-14)8-17-7-10-2-1-3-12(18)4-10/h5-6,10,12,17-18H,1-4,7-9H2. The Morgan fingerprint density at radius 3 is 3.05 bits per heavy atom. The zero-order valence-electron chi connectivity index (χ0n) is 11.4. The Morgan fingerprint density at radius 2 is 2.20 bits per heavy atom. The Kier molecular flexibility index (Phi) is 4.34. The summed E-state index contributed by atoms with van der Waals surface area (Å²) in [6.45, 7) is 1.93. The quantitative estimate of drug-likeness (QED) is 0.897. The zero-order valence-corrected chi connectivity index (χ0v) is 12.2. The van der Waals surface area contributed by atoms with Gasteiger partial charge in [-0.2, -0.15) is 0 Å². The Labute approximate surface area is 124 Å². The summed E-state index contributed by atoms with van der Waals surface area (Å²) in [5.74, 6) is 1.94. The highest BCUT2D eigenvalue weighted by Gasteiger charge is 2.20. The molecule has 2 unspecified atom stereocenters. The van der Waals surface area contributed by atoms with Gasteiger partial charge in [0.15, 0.2) is 11.5 Å². The summed E-state index contributed by atoms with van der Waals surface area (Å²) in [5, 5.41) is 13.7. The molecule has 1 aliphatic carbocycles. The molecule has 0 spiro atoms. The number of hydrogen-bond donors (Lipinski definition) is 2. The third-order valence-electron chi connectivity index (χ3n) is 4.00. The molecule has 2 aliphatic rings. The van der Waals surface area contributed by atoms with Crippen molar-refractivity contribution in [2.24, 2.45) is 5.92 Å². The maximum absolute atomic E-state index is 9.66. The minimum Gasteiger partial charge on any atom is -0.454 e. The van der Waals surface area contributed by atoms with Gasteiger partial charge in [-0.1, -0.05) is 18.0 Å². The van der Waals surface area contributed by atoms with Gasteiger partial charge in [0.25, 0.3) is 0 Å². The van der Waals surface area contributed by atoms with Crippen LogP contribution in [0.1, 0.15) is 31.2 Å². The zero-order chi connectivity index (χ0) is 13.9. The molecule has 1 aliphatic heterocycles. The first-order valence-corrected chi connectivity index (χ1v) is 7.57. The van der Waals surface area contributed by atoms with E-state index < -0.39 is 0 Å². The van der Waals surface area contributed by atoms with Gasteiger partial charge in [0.2, 0.25) is 6.79 Å². The number of nitrogens with one attached hydrogen (secondary N) is 1. The fraction of sp³-hybridized carbons (Fsp3) is 0.600. The topological polar surface area (TPSA) is 50.7 Å². The Balaban J connectivity index is 1.52. The fourth-order valence-electron chi connectivity index (χ4n) is 2.99. The maximum Gasteiger partial charge on any atom is 0.231 e. The van der Waals surface area contributed by atoms with Crippen molar-refractivity contribution in [2.75, 3.05) is 13.3 Å². The molecule has 110 valence electrons. The fourth-order valence-corrected chi connectivity index (χ4v) is 3.28. The number of ether oxygens (including phenoxy) is 2. The van der Waals surface area contributed by atoms with Gasteiger partial charge in [-0.05, 0) is 49.4 Å². The van der Waals surface area contributed by atoms with Gasteiger partial charge >= 0.3 is 0 Å². The van der Waals surface area contributed by atoms with E-state index >= 15 is 0 Å². The smallest absolute Gasteiger partial charge is 0.231 e. The molecular weight excluding hydrogens is 278 g/mol. The van der Waals surface area contributed by atoms with Gasteiger partial charge in [-0.25, -0.2) is 0 Å². The number of halogens is 1. The van der Waals surface area contributed by atoms with E-state index in [2.05, 4.69) is 5.32 Å². The van der Waals surface area contributed by atoms with Gasteiger partial charge in [0, 0.05) is 6.54 Å². The number of fused-ring (bicyclic) bond motifs is 1. The van der Waals surface area contributed by atoms with Crippen molar-refractivity contribution >= 4 is 11.6 Å². The largest absolute Gasteiger partial charge is 0.454 e. The first-order chi connectivity index (χ1) is 9.72. The van der Waals surface area contributed by atoms with Crippen molar-refractivity contribution in [1.82, 2.24) is 5.32 Å². The van der Waals surface area contributed by atoms with Crippen LogP contribution < -0.4 is 14.8 Å². The Hall–Kier alpha value is -0.970. The molecule has 1 aromatic rings. The monoisotopic (exact) mass is 297 g/mol.